The van der Waals surface area contributed by atoms with Crippen molar-refractivity contribution in [3.05, 3.63) is 54.6 Å². The number of hydrogen-bond acceptors (Lipinski definition) is 6. The van der Waals surface area contributed by atoms with Crippen LogP contribution in [0.4, 0.5) is 0 Å². The van der Waals surface area contributed by atoms with Crippen LogP contribution in [0.25, 0.3) is 21.5 Å². The van der Waals surface area contributed by atoms with Crippen LogP contribution in [0, 0.1) is 45.8 Å². The summed E-state index contributed by atoms with van der Waals surface area (Å²) in [7, 11) is 0. The highest BCUT2D eigenvalue weighted by atomic mass is 16.6. The zero-order chi connectivity index (χ0) is 33.7. The smallest absolute Gasteiger partial charge is 0.316 e. The molecule has 6 heteroatoms. The van der Waals surface area contributed by atoms with E-state index in [4.69, 9.17) is 14.2 Å². The van der Waals surface area contributed by atoms with Crippen LogP contribution < -0.4 is 4.74 Å². The molecule has 3 aliphatic rings. The zero-order valence-corrected chi connectivity index (χ0v) is 29.3. The standard InChI is InChI=1S/C41H52O6/c1-25(2)22-45-36(42)39(3,4)23-41(7,38(44)47-35-21-30-20-34(35)33-14-10-13-32(30)33)24-40(5,6)37(43)46-31-16-15-28-17-26-11-8-9-12-27(26)18-29(28)19-31/h8-9,11-12,15-19,25,30,32-35H,10,13-14,20-24H2,1-7H3. The highest BCUT2D eigenvalue weighted by molar-refractivity contribution is 5.99. The topological polar surface area (TPSA) is 78.9 Å². The van der Waals surface area contributed by atoms with E-state index in [9.17, 15) is 14.4 Å². The minimum absolute atomic E-state index is 0.0917. The van der Waals surface area contributed by atoms with E-state index in [1.807, 2.05) is 78.8 Å². The van der Waals surface area contributed by atoms with Crippen LogP contribution >= 0.6 is 0 Å². The average molecular weight is 641 g/mol. The number of carbonyl (C=O) groups is 3. The number of rotatable bonds is 11. The monoisotopic (exact) mass is 640 g/mol. The fourth-order valence-electron chi connectivity index (χ4n) is 9.39. The third kappa shape index (κ3) is 6.80. The molecule has 0 aromatic heterocycles. The number of esters is 3. The Morgan fingerprint density at radius 1 is 0.723 bits per heavy atom. The Morgan fingerprint density at radius 3 is 2.02 bits per heavy atom. The van der Waals surface area contributed by atoms with Crippen molar-refractivity contribution in [1.82, 2.24) is 0 Å². The molecular formula is C41H52O6. The normalized spacial score (nSPS) is 25.1. The Balaban J connectivity index is 1.22. The summed E-state index contributed by atoms with van der Waals surface area (Å²) in [4.78, 5) is 41.5. The summed E-state index contributed by atoms with van der Waals surface area (Å²) in [6, 6.07) is 18.1. The second-order valence-corrected chi connectivity index (χ2v) is 16.9. The molecular weight excluding hydrogens is 588 g/mol. The molecule has 6 rings (SSSR count). The second kappa shape index (κ2) is 12.6. The van der Waals surface area contributed by atoms with Gasteiger partial charge in [-0.05, 0) is 149 Å². The second-order valence-electron chi connectivity index (χ2n) is 16.9. The van der Waals surface area contributed by atoms with E-state index < -0.39 is 22.2 Å². The Kier molecular flexibility index (Phi) is 8.95. The van der Waals surface area contributed by atoms with Gasteiger partial charge in [0.1, 0.15) is 11.9 Å². The summed E-state index contributed by atoms with van der Waals surface area (Å²) in [6.07, 6.45) is 6.17. The number of carbonyl (C=O) groups excluding carboxylic acids is 3. The van der Waals surface area contributed by atoms with Crippen LogP contribution in [0.1, 0.15) is 93.4 Å². The molecule has 0 N–H and O–H groups in total. The van der Waals surface area contributed by atoms with E-state index in [0.717, 1.165) is 40.3 Å². The molecule has 3 aromatic rings. The molecule has 0 radical (unpaired) electrons. The molecule has 3 fully saturated rings. The van der Waals surface area contributed by atoms with Crippen LogP contribution in [0.3, 0.4) is 0 Å². The summed E-state index contributed by atoms with van der Waals surface area (Å²) < 4.78 is 18.1. The lowest BCUT2D eigenvalue weighted by molar-refractivity contribution is -0.173. The van der Waals surface area contributed by atoms with Crippen LogP contribution in [0.5, 0.6) is 5.75 Å². The van der Waals surface area contributed by atoms with Gasteiger partial charge in [0.25, 0.3) is 0 Å². The first-order chi connectivity index (χ1) is 22.1. The van der Waals surface area contributed by atoms with Gasteiger partial charge < -0.3 is 14.2 Å². The van der Waals surface area contributed by atoms with Crippen molar-refractivity contribution < 1.29 is 28.6 Å². The third-order valence-corrected chi connectivity index (χ3v) is 11.3. The number of hydrogen-bond donors (Lipinski definition) is 0. The Labute approximate surface area is 279 Å². The van der Waals surface area contributed by atoms with Gasteiger partial charge in [-0.25, -0.2) is 0 Å². The van der Waals surface area contributed by atoms with Gasteiger partial charge in [0.15, 0.2) is 0 Å². The SMILES string of the molecule is CC(C)COC(=O)C(C)(C)CC(C)(CC(C)(C)C(=O)Oc1ccc2cc3ccccc3cc2c1)C(=O)OC1CC2CC1C1CCCC21. The van der Waals surface area contributed by atoms with E-state index in [1.165, 1.54) is 19.3 Å². The summed E-state index contributed by atoms with van der Waals surface area (Å²) in [6.45, 7) is 13.5. The summed E-state index contributed by atoms with van der Waals surface area (Å²) >= 11 is 0. The van der Waals surface area contributed by atoms with Gasteiger partial charge in [-0.15, -0.1) is 0 Å². The maximum atomic E-state index is 14.3. The van der Waals surface area contributed by atoms with Crippen LogP contribution in [-0.4, -0.2) is 30.6 Å². The van der Waals surface area contributed by atoms with Gasteiger partial charge in [0.2, 0.25) is 0 Å². The molecule has 0 amide bonds. The molecule has 0 heterocycles. The van der Waals surface area contributed by atoms with E-state index in [-0.39, 0.29) is 36.8 Å². The zero-order valence-electron chi connectivity index (χ0n) is 29.3. The van der Waals surface area contributed by atoms with Crippen molar-refractivity contribution in [3.8, 4) is 5.75 Å². The Morgan fingerprint density at radius 2 is 1.34 bits per heavy atom. The predicted octanol–water partition coefficient (Wildman–Crippen LogP) is 9.30. The molecule has 6 atom stereocenters. The number of benzene rings is 3. The lowest BCUT2D eigenvalue weighted by Gasteiger charge is -2.40. The lowest BCUT2D eigenvalue weighted by Crippen LogP contribution is -2.45. The first-order valence-electron chi connectivity index (χ1n) is 17.7. The van der Waals surface area contributed by atoms with E-state index in [0.29, 0.717) is 30.1 Å². The highest BCUT2D eigenvalue weighted by Crippen LogP contribution is 2.60. The average Bonchev–Trinajstić information content (AvgIpc) is 3.73. The molecule has 2 bridgehead atoms. The molecule has 6 unspecified atom stereocenters. The summed E-state index contributed by atoms with van der Waals surface area (Å²) in [5.74, 6) is 2.08. The fourth-order valence-corrected chi connectivity index (χ4v) is 9.39. The van der Waals surface area contributed by atoms with E-state index in [2.05, 4.69) is 24.3 Å². The van der Waals surface area contributed by atoms with E-state index >= 15 is 0 Å². The third-order valence-electron chi connectivity index (χ3n) is 11.3. The molecule has 6 nitrogen and oxygen atoms in total. The largest absolute Gasteiger partial charge is 0.465 e. The van der Waals surface area contributed by atoms with E-state index in [1.54, 1.807) is 0 Å². The molecule has 252 valence electrons. The Bertz CT molecular complexity index is 1670. The van der Waals surface area contributed by atoms with Gasteiger partial charge in [-0.1, -0.05) is 50.6 Å². The van der Waals surface area contributed by atoms with Gasteiger partial charge in [-0.3, -0.25) is 14.4 Å². The van der Waals surface area contributed by atoms with Crippen molar-refractivity contribution in [2.45, 2.75) is 99.5 Å². The van der Waals surface area contributed by atoms with Crippen molar-refractivity contribution in [2.24, 2.45) is 45.8 Å². The quantitative estimate of drug-likeness (QED) is 0.118. The maximum absolute atomic E-state index is 14.3. The van der Waals surface area contributed by atoms with Crippen molar-refractivity contribution in [2.75, 3.05) is 6.61 Å². The van der Waals surface area contributed by atoms with Gasteiger partial charge in [0.05, 0.1) is 22.9 Å². The Hall–Kier alpha value is -3.41. The summed E-state index contributed by atoms with van der Waals surface area (Å²) in [5, 5.41) is 4.32. The molecule has 0 spiro atoms. The van der Waals surface area contributed by atoms with Crippen LogP contribution in [0.15, 0.2) is 54.6 Å². The predicted molar refractivity (Wildman–Crippen MR) is 185 cm³/mol. The highest BCUT2D eigenvalue weighted by Gasteiger charge is 2.57. The lowest BCUT2D eigenvalue weighted by atomic mass is 9.66. The van der Waals surface area contributed by atoms with Gasteiger partial charge >= 0.3 is 17.9 Å². The van der Waals surface area contributed by atoms with Crippen LogP contribution in [0.2, 0.25) is 0 Å². The van der Waals surface area contributed by atoms with Crippen LogP contribution in [-0.2, 0) is 23.9 Å². The molecule has 0 aliphatic heterocycles. The first kappa shape index (κ1) is 33.5. The number of fused-ring (bicyclic) bond motifs is 7. The van der Waals surface area contributed by atoms with Crippen molar-refractivity contribution >= 4 is 39.5 Å². The van der Waals surface area contributed by atoms with Gasteiger partial charge in [-0.2, -0.15) is 0 Å². The molecule has 3 aromatic carbocycles. The molecule has 47 heavy (non-hydrogen) atoms. The van der Waals surface area contributed by atoms with Crippen molar-refractivity contribution in [3.63, 3.8) is 0 Å². The first-order valence-corrected chi connectivity index (χ1v) is 17.7. The minimum atomic E-state index is -1.12. The minimum Gasteiger partial charge on any atom is -0.465 e. The molecule has 3 aliphatic carbocycles. The van der Waals surface area contributed by atoms with Crippen molar-refractivity contribution in [1.29, 1.82) is 0 Å². The number of ether oxygens (including phenoxy) is 3. The fraction of sp³-hybridized carbons (Fsp3) is 0.585. The maximum Gasteiger partial charge on any atom is 0.316 e. The van der Waals surface area contributed by atoms with Gasteiger partial charge in [0, 0.05) is 0 Å². The molecule has 0 saturated heterocycles. The summed E-state index contributed by atoms with van der Waals surface area (Å²) in [5.41, 5.74) is -3.13. The molecule has 3 saturated carbocycles.